The summed E-state index contributed by atoms with van der Waals surface area (Å²) in [4.78, 5) is 23.5. The molecule has 0 aliphatic carbocycles. The van der Waals surface area contributed by atoms with Gasteiger partial charge in [0.1, 0.15) is 5.75 Å². The van der Waals surface area contributed by atoms with Gasteiger partial charge in [-0.05, 0) is 70.2 Å². The molecule has 1 rings (SSSR count). The van der Waals surface area contributed by atoms with Gasteiger partial charge >= 0.3 is 20.9 Å². The molecule has 37 heavy (non-hydrogen) atoms. The predicted octanol–water partition coefficient (Wildman–Crippen LogP) is 5.93. The van der Waals surface area contributed by atoms with Gasteiger partial charge in [-0.1, -0.05) is 30.5 Å². The van der Waals surface area contributed by atoms with Crippen molar-refractivity contribution in [1.82, 2.24) is 5.32 Å². The zero-order valence-corrected chi connectivity index (χ0v) is 24.2. The molecule has 0 saturated carbocycles. The summed E-state index contributed by atoms with van der Waals surface area (Å²) < 4.78 is 27.8. The number of carbonyl (C=O) groups excluding carboxylic acids is 1. The van der Waals surface area contributed by atoms with Crippen molar-refractivity contribution in [2.24, 2.45) is 0 Å². The lowest BCUT2D eigenvalue weighted by atomic mass is 10.0. The topological polar surface area (TPSA) is 113 Å². The predicted molar refractivity (Wildman–Crippen MR) is 146 cm³/mol. The molecule has 0 saturated heterocycles. The number of hydrogen-bond donors (Lipinski definition) is 2. The van der Waals surface area contributed by atoms with E-state index < -0.39 is 20.9 Å². The minimum Gasteiger partial charge on any atom is -0.495 e. The molecule has 9 nitrogen and oxygen atoms in total. The first-order chi connectivity index (χ1) is 17.8. The van der Waals surface area contributed by atoms with Crippen LogP contribution in [0.2, 0.25) is 11.1 Å². The zero-order valence-electron chi connectivity index (χ0n) is 22.5. The second kappa shape index (κ2) is 19.0. The SMILES string of the molecule is CCO[Si](CCCNC(=O)OCCCCCC/C(=C\c1ccc(OC)c(Cl)c1)C(=O)O)(OCC)OCC. The van der Waals surface area contributed by atoms with E-state index in [0.717, 1.165) is 19.3 Å². The number of carboxylic acid groups (broad SMARTS) is 1. The van der Waals surface area contributed by atoms with Crippen LogP contribution in [0.1, 0.15) is 64.9 Å². The number of ether oxygens (including phenoxy) is 2. The minimum absolute atomic E-state index is 0.313. The number of halogens is 1. The first-order valence-electron chi connectivity index (χ1n) is 12.9. The lowest BCUT2D eigenvalue weighted by Crippen LogP contribution is -2.46. The van der Waals surface area contributed by atoms with E-state index in [1.54, 1.807) is 24.3 Å². The molecule has 0 bridgehead atoms. The van der Waals surface area contributed by atoms with Crippen molar-refractivity contribution >= 4 is 38.5 Å². The number of aliphatic carboxylic acids is 1. The molecule has 0 aliphatic rings. The number of rotatable bonds is 20. The van der Waals surface area contributed by atoms with Gasteiger partial charge in [-0.2, -0.15) is 0 Å². The number of carboxylic acids is 1. The molecule has 1 aromatic rings. The number of benzene rings is 1. The lowest BCUT2D eigenvalue weighted by Gasteiger charge is -2.28. The van der Waals surface area contributed by atoms with E-state index in [2.05, 4.69) is 5.32 Å². The number of alkyl carbamates (subject to hydrolysis) is 1. The second-order valence-electron chi connectivity index (χ2n) is 8.18. The van der Waals surface area contributed by atoms with Gasteiger partial charge in [0.25, 0.3) is 0 Å². The lowest BCUT2D eigenvalue weighted by molar-refractivity contribution is -0.132. The Hall–Kier alpha value is -2.11. The van der Waals surface area contributed by atoms with Crippen LogP contribution in [0, 0.1) is 0 Å². The van der Waals surface area contributed by atoms with Gasteiger partial charge in [0.05, 0.1) is 18.7 Å². The highest BCUT2D eigenvalue weighted by Crippen LogP contribution is 2.26. The third-order valence-electron chi connectivity index (χ3n) is 5.39. The Kier molecular flexibility index (Phi) is 16.9. The molecular formula is C26H42ClNO8Si. The number of hydrogen-bond acceptors (Lipinski definition) is 7. The third kappa shape index (κ3) is 13.3. The fourth-order valence-electron chi connectivity index (χ4n) is 3.70. The van der Waals surface area contributed by atoms with Crippen LogP contribution >= 0.6 is 11.6 Å². The molecule has 0 fully saturated rings. The first-order valence-corrected chi connectivity index (χ1v) is 15.2. The smallest absolute Gasteiger partial charge is 0.495 e. The molecule has 0 radical (unpaired) electrons. The Balaban J connectivity index is 2.27. The van der Waals surface area contributed by atoms with Gasteiger partial charge in [0, 0.05) is 38.0 Å². The van der Waals surface area contributed by atoms with Crippen LogP contribution in [0.3, 0.4) is 0 Å². The first kappa shape index (κ1) is 32.9. The van der Waals surface area contributed by atoms with Gasteiger partial charge in [0.2, 0.25) is 0 Å². The van der Waals surface area contributed by atoms with Crippen molar-refractivity contribution in [3.05, 3.63) is 34.4 Å². The van der Waals surface area contributed by atoms with Crippen LogP contribution in [0.25, 0.3) is 6.08 Å². The van der Waals surface area contributed by atoms with Gasteiger partial charge in [0.15, 0.2) is 0 Å². The standard InChI is InChI=1S/C26H42ClNO8Si/c1-5-34-37(35-6-2,36-7-3)18-12-16-28-26(31)33-17-11-9-8-10-13-22(25(29)30)19-21-14-15-24(32-4)23(27)20-21/h14-15,19-20H,5-13,16-18H2,1-4H3,(H,28,31)(H,29,30)/b22-19+. The van der Waals surface area contributed by atoms with Crippen LogP contribution in [-0.4, -0.2) is 66.1 Å². The Labute approximate surface area is 226 Å². The summed E-state index contributed by atoms with van der Waals surface area (Å²) in [6.45, 7) is 8.06. The molecule has 0 atom stereocenters. The maximum Gasteiger partial charge on any atom is 0.500 e. The molecule has 0 aromatic heterocycles. The van der Waals surface area contributed by atoms with Crippen LogP contribution in [0.4, 0.5) is 4.79 Å². The zero-order chi connectivity index (χ0) is 27.5. The van der Waals surface area contributed by atoms with E-state index in [1.807, 2.05) is 20.8 Å². The molecule has 210 valence electrons. The van der Waals surface area contributed by atoms with Crippen molar-refractivity contribution in [2.75, 3.05) is 40.1 Å². The van der Waals surface area contributed by atoms with E-state index in [-0.39, 0.29) is 0 Å². The minimum atomic E-state index is -2.70. The van der Waals surface area contributed by atoms with Crippen LogP contribution in [0.5, 0.6) is 5.75 Å². The van der Waals surface area contributed by atoms with Crippen LogP contribution < -0.4 is 10.1 Å². The Morgan fingerprint density at radius 2 is 1.65 bits per heavy atom. The van der Waals surface area contributed by atoms with E-state index in [9.17, 15) is 14.7 Å². The fourth-order valence-corrected chi connectivity index (χ4v) is 6.58. The molecule has 0 heterocycles. The van der Waals surface area contributed by atoms with Crippen LogP contribution in [-0.2, 0) is 22.8 Å². The van der Waals surface area contributed by atoms with Crippen molar-refractivity contribution < 1.29 is 37.4 Å². The Morgan fingerprint density at radius 3 is 2.22 bits per heavy atom. The van der Waals surface area contributed by atoms with E-state index in [1.165, 1.54) is 7.11 Å². The van der Waals surface area contributed by atoms with Gasteiger partial charge in [-0.25, -0.2) is 9.59 Å². The quantitative estimate of drug-likeness (QED) is 0.115. The number of nitrogens with one attached hydrogen (secondary N) is 1. The largest absolute Gasteiger partial charge is 0.500 e. The summed E-state index contributed by atoms with van der Waals surface area (Å²) in [7, 11) is -1.17. The van der Waals surface area contributed by atoms with E-state index in [4.69, 9.17) is 34.4 Å². The number of carbonyl (C=O) groups is 2. The second-order valence-corrected chi connectivity index (χ2v) is 11.3. The van der Waals surface area contributed by atoms with Crippen molar-refractivity contribution in [3.8, 4) is 5.75 Å². The van der Waals surface area contributed by atoms with Gasteiger partial charge < -0.3 is 33.2 Å². The average molecular weight is 560 g/mol. The molecule has 1 amide bonds. The normalized spacial score (nSPS) is 11.9. The van der Waals surface area contributed by atoms with E-state index >= 15 is 0 Å². The number of amides is 1. The molecule has 0 unspecified atom stereocenters. The van der Waals surface area contributed by atoms with Crippen molar-refractivity contribution in [3.63, 3.8) is 0 Å². The summed E-state index contributed by atoms with van der Waals surface area (Å²) >= 11 is 6.12. The highest BCUT2D eigenvalue weighted by Gasteiger charge is 2.39. The fraction of sp³-hybridized carbons (Fsp3) is 0.615. The Bertz CT molecular complexity index is 835. The Morgan fingerprint density at radius 1 is 1.00 bits per heavy atom. The summed E-state index contributed by atoms with van der Waals surface area (Å²) in [6.07, 6.45) is 5.38. The molecule has 11 heteroatoms. The summed E-state index contributed by atoms with van der Waals surface area (Å²) in [5, 5.41) is 12.7. The summed E-state index contributed by atoms with van der Waals surface area (Å²) in [5.41, 5.74) is 1.03. The van der Waals surface area contributed by atoms with Gasteiger partial charge in [-0.15, -0.1) is 0 Å². The van der Waals surface area contributed by atoms with Crippen molar-refractivity contribution in [1.29, 1.82) is 0 Å². The third-order valence-corrected chi connectivity index (χ3v) is 8.83. The molecule has 0 aliphatic heterocycles. The van der Waals surface area contributed by atoms with Gasteiger partial charge in [-0.3, -0.25) is 0 Å². The van der Waals surface area contributed by atoms with E-state index in [0.29, 0.717) is 80.2 Å². The van der Waals surface area contributed by atoms with Crippen LogP contribution in [0.15, 0.2) is 23.8 Å². The summed E-state index contributed by atoms with van der Waals surface area (Å²) in [6, 6.07) is 5.79. The summed E-state index contributed by atoms with van der Waals surface area (Å²) in [5.74, 6) is -0.407. The average Bonchev–Trinajstić information content (AvgIpc) is 2.86. The molecule has 1 aromatic carbocycles. The highest BCUT2D eigenvalue weighted by molar-refractivity contribution is 6.60. The monoisotopic (exact) mass is 559 g/mol. The highest BCUT2D eigenvalue weighted by atomic mass is 35.5. The molecular weight excluding hydrogens is 518 g/mol. The number of methoxy groups -OCH3 is 1. The maximum absolute atomic E-state index is 11.9. The van der Waals surface area contributed by atoms with Crippen molar-refractivity contribution in [2.45, 2.75) is 65.3 Å². The molecule has 0 spiro atoms. The molecule has 2 N–H and O–H groups in total. The maximum atomic E-state index is 11.9. The number of unbranched alkanes of at least 4 members (excludes halogenated alkanes) is 3.